The van der Waals surface area contributed by atoms with Crippen molar-refractivity contribution in [2.75, 3.05) is 17.7 Å². The number of nitrogens with one attached hydrogen (secondary N) is 1. The van der Waals surface area contributed by atoms with E-state index < -0.39 is 29.9 Å². The predicted octanol–water partition coefficient (Wildman–Crippen LogP) is 2.48. The zero-order valence-electron chi connectivity index (χ0n) is 12.9. The average molecular weight is 339 g/mol. The van der Waals surface area contributed by atoms with Crippen molar-refractivity contribution in [1.29, 1.82) is 0 Å². The van der Waals surface area contributed by atoms with Crippen LogP contribution in [0.5, 0.6) is 5.75 Å². The maximum Gasteiger partial charge on any atom is 0.301 e. The lowest BCUT2D eigenvalue weighted by atomic mass is 10.0. The van der Waals surface area contributed by atoms with Crippen LogP contribution >= 0.6 is 0 Å². The van der Waals surface area contributed by atoms with Gasteiger partial charge in [-0.1, -0.05) is 0 Å². The van der Waals surface area contributed by atoms with Crippen LogP contribution in [-0.2, 0) is 7.05 Å². The molecular formula is C16H16F3N3O2. The van der Waals surface area contributed by atoms with Gasteiger partial charge in [-0.15, -0.1) is 0 Å². The van der Waals surface area contributed by atoms with Crippen LogP contribution in [0.4, 0.5) is 24.5 Å². The van der Waals surface area contributed by atoms with Gasteiger partial charge in [0.1, 0.15) is 5.82 Å². The second kappa shape index (κ2) is 4.81. The van der Waals surface area contributed by atoms with Crippen molar-refractivity contribution in [1.82, 2.24) is 4.57 Å². The monoisotopic (exact) mass is 339 g/mol. The first-order chi connectivity index (χ1) is 11.3. The summed E-state index contributed by atoms with van der Waals surface area (Å²) in [6.07, 6.45) is 1.39. The molecule has 1 saturated carbocycles. The zero-order chi connectivity index (χ0) is 17.2. The molecule has 2 heterocycles. The number of ether oxygens (including phenoxy) is 1. The fraction of sp³-hybridized carbons (Fsp3) is 0.438. The maximum atomic E-state index is 14.4. The van der Waals surface area contributed by atoms with Gasteiger partial charge in [-0.3, -0.25) is 4.79 Å². The Morgan fingerprint density at radius 1 is 1.38 bits per heavy atom. The van der Waals surface area contributed by atoms with Crippen molar-refractivity contribution in [2.45, 2.75) is 24.8 Å². The molecule has 0 spiro atoms. The minimum atomic E-state index is -3.11. The van der Waals surface area contributed by atoms with E-state index in [1.165, 1.54) is 17.7 Å². The highest BCUT2D eigenvalue weighted by atomic mass is 19.3. The molecule has 0 saturated heterocycles. The van der Waals surface area contributed by atoms with Gasteiger partial charge in [-0.25, -0.2) is 13.2 Å². The summed E-state index contributed by atoms with van der Waals surface area (Å²) in [7, 11) is 1.44. The lowest BCUT2D eigenvalue weighted by molar-refractivity contribution is -0.0579. The topological polar surface area (TPSA) is 69.3 Å². The van der Waals surface area contributed by atoms with Gasteiger partial charge < -0.3 is 20.4 Å². The number of anilines is 2. The van der Waals surface area contributed by atoms with Crippen molar-refractivity contribution in [2.24, 2.45) is 13.0 Å². The van der Waals surface area contributed by atoms with E-state index >= 15 is 0 Å². The van der Waals surface area contributed by atoms with E-state index in [1.54, 1.807) is 0 Å². The fourth-order valence-electron chi connectivity index (χ4n) is 3.24. The molecule has 8 heteroatoms. The molecule has 0 amide bonds. The van der Waals surface area contributed by atoms with E-state index in [1.807, 2.05) is 0 Å². The summed E-state index contributed by atoms with van der Waals surface area (Å²) in [6.45, 7) is -0.869. The van der Waals surface area contributed by atoms with Crippen LogP contribution in [0.15, 0.2) is 16.9 Å². The van der Waals surface area contributed by atoms with Crippen LogP contribution in [-0.4, -0.2) is 23.1 Å². The molecule has 2 aliphatic rings. The van der Waals surface area contributed by atoms with E-state index in [4.69, 9.17) is 10.5 Å². The molecule has 3 N–H and O–H groups in total. The van der Waals surface area contributed by atoms with Crippen molar-refractivity contribution >= 4 is 22.3 Å². The largest absolute Gasteiger partial charge is 0.480 e. The third-order valence-electron chi connectivity index (χ3n) is 4.73. The Morgan fingerprint density at radius 2 is 2.08 bits per heavy atom. The Kier molecular flexibility index (Phi) is 3.04. The number of fused-ring (bicyclic) bond motifs is 3. The number of pyridine rings is 1. The standard InChI is InChI=1S/C16H16F3N3O2/c1-22-11-5-9(17)10(20)4-8(11)12-13(15(22)23)24-6-16(18,19)14(21-12)7-2-3-7/h4-5,7,14,21H,2-3,6,20H2,1H3/t14-/m0/s1. The van der Waals surface area contributed by atoms with Crippen molar-refractivity contribution in [3.05, 3.63) is 28.3 Å². The van der Waals surface area contributed by atoms with Gasteiger partial charge in [-0.05, 0) is 24.8 Å². The molecule has 5 nitrogen and oxygen atoms in total. The second-order valence-electron chi connectivity index (χ2n) is 6.47. The molecule has 4 rings (SSSR count). The quantitative estimate of drug-likeness (QED) is 0.783. The Bertz CT molecular complexity index is 906. The highest BCUT2D eigenvalue weighted by molar-refractivity contribution is 5.97. The third kappa shape index (κ3) is 2.12. The summed E-state index contributed by atoms with van der Waals surface area (Å²) < 4.78 is 48.9. The van der Waals surface area contributed by atoms with Crippen molar-refractivity contribution in [3.63, 3.8) is 0 Å². The average Bonchev–Trinajstić information content (AvgIpc) is 3.34. The Labute approximate surface area is 135 Å². The molecule has 1 aromatic carbocycles. The molecule has 2 aromatic rings. The highest BCUT2D eigenvalue weighted by Gasteiger charge is 2.51. The first kappa shape index (κ1) is 15.2. The van der Waals surface area contributed by atoms with Gasteiger partial charge in [0.25, 0.3) is 5.56 Å². The van der Waals surface area contributed by atoms with E-state index in [9.17, 15) is 18.0 Å². The molecule has 128 valence electrons. The van der Waals surface area contributed by atoms with Gasteiger partial charge in [0, 0.05) is 18.5 Å². The number of nitrogens with two attached hydrogens (primary N) is 1. The number of nitrogens with zero attached hydrogens (tertiary/aromatic N) is 1. The number of aryl methyl sites for hydroxylation is 1. The van der Waals surface area contributed by atoms with E-state index in [-0.39, 0.29) is 28.6 Å². The first-order valence-electron chi connectivity index (χ1n) is 7.68. The van der Waals surface area contributed by atoms with E-state index in [0.717, 1.165) is 6.07 Å². The van der Waals surface area contributed by atoms with Crippen LogP contribution in [0.1, 0.15) is 12.8 Å². The first-order valence-corrected chi connectivity index (χ1v) is 7.68. The Morgan fingerprint density at radius 3 is 2.75 bits per heavy atom. The third-order valence-corrected chi connectivity index (χ3v) is 4.73. The number of nitrogen functional groups attached to an aromatic ring is 1. The Balaban J connectivity index is 2.00. The SMILES string of the molecule is Cn1c(=O)c2c(c3cc(N)c(F)cc31)N[C@@H](C1CC1)C(F)(F)CO2. The lowest BCUT2D eigenvalue weighted by Gasteiger charge is -2.25. The smallest absolute Gasteiger partial charge is 0.301 e. The summed E-state index contributed by atoms with van der Waals surface area (Å²) in [5.74, 6) is -4.13. The van der Waals surface area contributed by atoms with Gasteiger partial charge in [-0.2, -0.15) is 0 Å². The fourth-order valence-corrected chi connectivity index (χ4v) is 3.24. The summed E-state index contributed by atoms with van der Waals surface area (Å²) >= 11 is 0. The number of hydrogen-bond acceptors (Lipinski definition) is 4. The number of hydrogen-bond donors (Lipinski definition) is 2. The minimum Gasteiger partial charge on any atom is -0.480 e. The molecule has 1 atom stereocenters. The van der Waals surface area contributed by atoms with E-state index in [2.05, 4.69) is 5.32 Å². The number of rotatable bonds is 1. The molecule has 0 bridgehead atoms. The van der Waals surface area contributed by atoms with Crippen LogP contribution in [0.3, 0.4) is 0 Å². The normalized spacial score (nSPS) is 22.4. The van der Waals surface area contributed by atoms with Crippen LogP contribution in [0.2, 0.25) is 0 Å². The van der Waals surface area contributed by atoms with Gasteiger partial charge in [0.05, 0.1) is 22.9 Å². The molecule has 0 unspecified atom stereocenters. The van der Waals surface area contributed by atoms with Gasteiger partial charge in [0.2, 0.25) is 5.75 Å². The number of benzene rings is 1. The Hall–Kier alpha value is -2.38. The molecule has 24 heavy (non-hydrogen) atoms. The summed E-state index contributed by atoms with van der Waals surface area (Å²) in [5.41, 5.74) is 5.34. The second-order valence-corrected chi connectivity index (χ2v) is 6.47. The highest BCUT2D eigenvalue weighted by Crippen LogP contribution is 2.45. The predicted molar refractivity (Wildman–Crippen MR) is 84.1 cm³/mol. The zero-order valence-corrected chi connectivity index (χ0v) is 12.9. The number of aromatic nitrogens is 1. The van der Waals surface area contributed by atoms with Crippen molar-refractivity contribution < 1.29 is 17.9 Å². The van der Waals surface area contributed by atoms with Crippen LogP contribution in [0.25, 0.3) is 10.9 Å². The van der Waals surface area contributed by atoms with Crippen molar-refractivity contribution in [3.8, 4) is 5.75 Å². The molecule has 0 radical (unpaired) electrons. The lowest BCUT2D eigenvalue weighted by Crippen LogP contribution is -2.44. The summed E-state index contributed by atoms with van der Waals surface area (Å²) in [5, 5.41) is 3.19. The maximum absolute atomic E-state index is 14.4. The van der Waals surface area contributed by atoms with Crippen LogP contribution < -0.4 is 21.3 Å². The van der Waals surface area contributed by atoms with E-state index in [0.29, 0.717) is 18.2 Å². The molecule has 1 aliphatic carbocycles. The minimum absolute atomic E-state index is 0.121. The molecule has 1 fully saturated rings. The number of alkyl halides is 2. The summed E-state index contributed by atoms with van der Waals surface area (Å²) in [6, 6.07) is 1.34. The van der Waals surface area contributed by atoms with Gasteiger partial charge in [0.15, 0.2) is 6.61 Å². The van der Waals surface area contributed by atoms with Gasteiger partial charge >= 0.3 is 5.92 Å². The summed E-state index contributed by atoms with van der Waals surface area (Å²) in [4.78, 5) is 12.5. The molecule has 1 aliphatic heterocycles. The van der Waals surface area contributed by atoms with Crippen LogP contribution in [0, 0.1) is 11.7 Å². The molecular weight excluding hydrogens is 323 g/mol. The molecule has 1 aromatic heterocycles. The number of halogens is 3.